The van der Waals surface area contributed by atoms with Crippen LogP contribution in [-0.2, 0) is 0 Å². The molecule has 1 saturated heterocycles. The number of aliphatic imine (C=N–C) groups is 1. The van der Waals surface area contributed by atoms with Crippen molar-refractivity contribution in [2.45, 2.75) is 51.3 Å². The fraction of sp³-hybridized carbons (Fsp3) is 0.917. The van der Waals surface area contributed by atoms with E-state index in [0.717, 1.165) is 23.6 Å². The summed E-state index contributed by atoms with van der Waals surface area (Å²) in [6.07, 6.45) is 4.11. The minimum absolute atomic E-state index is 0.594. The van der Waals surface area contributed by atoms with Crippen LogP contribution >= 0.6 is 11.8 Å². The van der Waals surface area contributed by atoms with Crippen molar-refractivity contribution in [1.82, 2.24) is 5.32 Å². The summed E-state index contributed by atoms with van der Waals surface area (Å²) in [5.74, 6) is 1.75. The molecule has 86 valence electrons. The maximum Gasteiger partial charge on any atom is 0.157 e. The quantitative estimate of drug-likeness (QED) is 0.800. The molecule has 1 saturated carbocycles. The Hall–Kier alpha value is -0.180. The van der Waals surface area contributed by atoms with Gasteiger partial charge in [0, 0.05) is 17.8 Å². The second-order valence-corrected chi connectivity index (χ2v) is 6.60. The van der Waals surface area contributed by atoms with Gasteiger partial charge in [-0.15, -0.1) is 0 Å². The summed E-state index contributed by atoms with van der Waals surface area (Å²) in [5, 5.41) is 5.37. The molecule has 0 aromatic heterocycles. The van der Waals surface area contributed by atoms with E-state index in [0.29, 0.717) is 6.04 Å². The van der Waals surface area contributed by atoms with Gasteiger partial charge in [0.25, 0.3) is 0 Å². The van der Waals surface area contributed by atoms with Crippen molar-refractivity contribution in [3.05, 3.63) is 0 Å². The average molecular weight is 226 g/mol. The summed E-state index contributed by atoms with van der Waals surface area (Å²) < 4.78 is 0. The van der Waals surface area contributed by atoms with E-state index < -0.39 is 0 Å². The minimum atomic E-state index is 0.594. The maximum atomic E-state index is 4.71. The first-order valence-electron chi connectivity index (χ1n) is 6.12. The van der Waals surface area contributed by atoms with E-state index in [9.17, 15) is 0 Å². The topological polar surface area (TPSA) is 24.4 Å². The Labute approximate surface area is 97.3 Å². The van der Waals surface area contributed by atoms with Crippen LogP contribution in [0.2, 0.25) is 0 Å². The molecule has 0 amide bonds. The highest BCUT2D eigenvalue weighted by Crippen LogP contribution is 2.36. The van der Waals surface area contributed by atoms with E-state index in [2.05, 4.69) is 26.1 Å². The summed E-state index contributed by atoms with van der Waals surface area (Å²) in [6, 6.07) is 0.594. The van der Waals surface area contributed by atoms with Crippen molar-refractivity contribution in [2.75, 3.05) is 6.54 Å². The monoisotopic (exact) mass is 226 g/mol. The maximum absolute atomic E-state index is 4.71. The van der Waals surface area contributed by atoms with Gasteiger partial charge in [-0.3, -0.25) is 4.99 Å². The van der Waals surface area contributed by atoms with Gasteiger partial charge in [-0.1, -0.05) is 25.6 Å². The number of nitrogens with zero attached hydrogens (tertiary/aromatic N) is 1. The Balaban J connectivity index is 1.82. The Kier molecular flexibility index (Phi) is 3.60. The summed E-state index contributed by atoms with van der Waals surface area (Å²) >= 11 is 1.90. The summed E-state index contributed by atoms with van der Waals surface area (Å²) in [7, 11) is 0. The van der Waals surface area contributed by atoms with E-state index in [-0.39, 0.29) is 0 Å². The Morgan fingerprint density at radius 1 is 1.47 bits per heavy atom. The van der Waals surface area contributed by atoms with Gasteiger partial charge >= 0.3 is 0 Å². The van der Waals surface area contributed by atoms with Crippen LogP contribution in [0.15, 0.2) is 4.99 Å². The molecular weight excluding hydrogens is 204 g/mol. The minimum Gasteiger partial charge on any atom is -0.362 e. The molecule has 0 aromatic carbocycles. The van der Waals surface area contributed by atoms with Gasteiger partial charge in [0.1, 0.15) is 0 Å². The lowest BCUT2D eigenvalue weighted by Gasteiger charge is -2.27. The molecule has 3 unspecified atom stereocenters. The number of rotatable bonds is 3. The fourth-order valence-electron chi connectivity index (χ4n) is 2.16. The lowest BCUT2D eigenvalue weighted by molar-refractivity contribution is 0.520. The third-order valence-electron chi connectivity index (χ3n) is 3.32. The van der Waals surface area contributed by atoms with Crippen molar-refractivity contribution in [1.29, 1.82) is 0 Å². The Morgan fingerprint density at radius 2 is 2.20 bits per heavy atom. The van der Waals surface area contributed by atoms with Gasteiger partial charge in [-0.25, -0.2) is 0 Å². The highest BCUT2D eigenvalue weighted by Gasteiger charge is 2.28. The van der Waals surface area contributed by atoms with E-state index in [1.165, 1.54) is 24.4 Å². The lowest BCUT2D eigenvalue weighted by atomic mass is 10.1. The largest absolute Gasteiger partial charge is 0.362 e. The number of thioether (sulfide) groups is 1. The van der Waals surface area contributed by atoms with Gasteiger partial charge in [-0.2, -0.15) is 0 Å². The fourth-order valence-corrected chi connectivity index (χ4v) is 3.35. The van der Waals surface area contributed by atoms with Gasteiger partial charge in [0.05, 0.1) is 0 Å². The summed E-state index contributed by atoms with van der Waals surface area (Å²) in [6.45, 7) is 7.89. The molecule has 0 aromatic rings. The van der Waals surface area contributed by atoms with Crippen molar-refractivity contribution < 1.29 is 0 Å². The second kappa shape index (κ2) is 4.77. The molecule has 0 spiro atoms. The predicted molar refractivity (Wildman–Crippen MR) is 68.5 cm³/mol. The van der Waals surface area contributed by atoms with Gasteiger partial charge in [-0.05, 0) is 38.0 Å². The third-order valence-corrected chi connectivity index (χ3v) is 4.38. The lowest BCUT2D eigenvalue weighted by Crippen LogP contribution is -2.38. The zero-order chi connectivity index (χ0) is 10.8. The number of hydrogen-bond acceptors (Lipinski definition) is 2. The first kappa shape index (κ1) is 11.3. The Bertz CT molecular complexity index is 236. The summed E-state index contributed by atoms with van der Waals surface area (Å²) in [4.78, 5) is 4.71. The molecule has 3 atom stereocenters. The standard InChI is InChI=1S/C12H22N2S/c1-8(11-4-5-11)7-13-12-14-9(2)6-10(3)15-12/h8-11H,4-7H2,1-3H3,(H,13,14). The zero-order valence-electron chi connectivity index (χ0n) is 9.99. The molecule has 3 heteroatoms. The van der Waals surface area contributed by atoms with Crippen LogP contribution in [0.5, 0.6) is 0 Å². The van der Waals surface area contributed by atoms with Crippen molar-refractivity contribution >= 4 is 16.9 Å². The molecule has 1 aliphatic carbocycles. The van der Waals surface area contributed by atoms with Crippen LogP contribution in [0.3, 0.4) is 0 Å². The van der Waals surface area contributed by atoms with Crippen LogP contribution in [0.25, 0.3) is 0 Å². The average Bonchev–Trinajstić information content (AvgIpc) is 2.95. The smallest absolute Gasteiger partial charge is 0.157 e. The highest BCUT2D eigenvalue weighted by molar-refractivity contribution is 8.14. The summed E-state index contributed by atoms with van der Waals surface area (Å²) in [5.41, 5.74) is 0. The molecule has 0 bridgehead atoms. The predicted octanol–water partition coefficient (Wildman–Crippen LogP) is 2.89. The second-order valence-electron chi connectivity index (χ2n) is 5.17. The molecular formula is C12H22N2S. The van der Waals surface area contributed by atoms with Crippen LogP contribution in [0.1, 0.15) is 40.0 Å². The van der Waals surface area contributed by atoms with Crippen LogP contribution in [-0.4, -0.2) is 23.0 Å². The third kappa shape index (κ3) is 3.40. The van der Waals surface area contributed by atoms with E-state index in [1.807, 2.05) is 11.8 Å². The van der Waals surface area contributed by atoms with Gasteiger partial charge < -0.3 is 5.32 Å². The molecule has 2 rings (SSSR count). The molecule has 0 radical (unpaired) electrons. The number of hydrogen-bond donors (Lipinski definition) is 1. The molecule has 1 heterocycles. The molecule has 1 aliphatic heterocycles. The highest BCUT2D eigenvalue weighted by atomic mass is 32.2. The number of nitrogens with one attached hydrogen (secondary N) is 1. The number of amidine groups is 1. The molecule has 15 heavy (non-hydrogen) atoms. The van der Waals surface area contributed by atoms with Gasteiger partial charge in [0.15, 0.2) is 5.17 Å². The molecule has 1 N–H and O–H groups in total. The van der Waals surface area contributed by atoms with Crippen LogP contribution < -0.4 is 5.32 Å². The van der Waals surface area contributed by atoms with Crippen molar-refractivity contribution in [3.8, 4) is 0 Å². The molecule has 2 aliphatic rings. The van der Waals surface area contributed by atoms with Crippen LogP contribution in [0, 0.1) is 11.8 Å². The normalized spacial score (nSPS) is 36.3. The van der Waals surface area contributed by atoms with Crippen molar-refractivity contribution in [3.63, 3.8) is 0 Å². The van der Waals surface area contributed by atoms with E-state index in [4.69, 9.17) is 4.99 Å². The van der Waals surface area contributed by atoms with Crippen LogP contribution in [0.4, 0.5) is 0 Å². The first-order valence-corrected chi connectivity index (χ1v) is 7.00. The van der Waals surface area contributed by atoms with E-state index in [1.54, 1.807) is 0 Å². The SMILES string of the molecule is CC1CC(C)SC(=NCC(C)C2CC2)N1. The Morgan fingerprint density at radius 3 is 2.80 bits per heavy atom. The van der Waals surface area contributed by atoms with E-state index >= 15 is 0 Å². The van der Waals surface area contributed by atoms with Crippen molar-refractivity contribution in [2.24, 2.45) is 16.8 Å². The molecule has 2 nitrogen and oxygen atoms in total. The first-order chi connectivity index (χ1) is 7.15. The van der Waals surface area contributed by atoms with Gasteiger partial charge in [0.2, 0.25) is 0 Å². The zero-order valence-corrected chi connectivity index (χ0v) is 10.8. The molecule has 2 fully saturated rings.